The third-order valence-electron chi connectivity index (χ3n) is 1.56. The van der Waals surface area contributed by atoms with Gasteiger partial charge in [0.05, 0.1) is 0 Å². The van der Waals surface area contributed by atoms with Gasteiger partial charge >= 0.3 is 6.61 Å². The lowest BCUT2D eigenvalue weighted by atomic mass is 10.1. The minimum atomic E-state index is -2.69. The summed E-state index contributed by atoms with van der Waals surface area (Å²) in [6, 6.07) is 0. The Balaban J connectivity index is 0. The van der Waals surface area contributed by atoms with Crippen LogP contribution >= 0.6 is 0 Å². The van der Waals surface area contributed by atoms with Gasteiger partial charge in [0.15, 0.2) is 0 Å². The quantitative estimate of drug-likeness (QED) is 0.643. The van der Waals surface area contributed by atoms with Crippen LogP contribution in [0.15, 0.2) is 23.5 Å². The van der Waals surface area contributed by atoms with Gasteiger partial charge in [0.2, 0.25) is 0 Å². The second kappa shape index (κ2) is 11.2. The predicted octanol–water partition coefficient (Wildman–Crippen LogP) is 4.90. The van der Waals surface area contributed by atoms with Crippen molar-refractivity contribution in [2.24, 2.45) is 0 Å². The van der Waals surface area contributed by atoms with Crippen LogP contribution in [0.1, 0.15) is 47.5 Å². The van der Waals surface area contributed by atoms with E-state index in [1.165, 1.54) is 5.57 Å². The fraction of sp³-hybridized carbons (Fsp3) is 0.667. The summed E-state index contributed by atoms with van der Waals surface area (Å²) in [5, 5.41) is 0. The number of ether oxygens (including phenoxy) is 1. The zero-order valence-electron chi connectivity index (χ0n) is 10.3. The monoisotopic (exact) mass is 220 g/mol. The minimum Gasteiger partial charge on any atom is -0.439 e. The van der Waals surface area contributed by atoms with Gasteiger partial charge in [0, 0.05) is 6.42 Å². The zero-order chi connectivity index (χ0) is 12.3. The van der Waals surface area contributed by atoms with Crippen molar-refractivity contribution < 1.29 is 13.5 Å². The Morgan fingerprint density at radius 3 is 1.93 bits per heavy atom. The van der Waals surface area contributed by atoms with E-state index < -0.39 is 6.61 Å². The van der Waals surface area contributed by atoms with E-state index >= 15 is 0 Å². The van der Waals surface area contributed by atoms with Crippen LogP contribution in [0.5, 0.6) is 0 Å². The normalized spacial score (nSPS) is 13.9. The smallest absolute Gasteiger partial charge is 0.387 e. The number of allylic oxidation sites excluding steroid dienone is 4. The van der Waals surface area contributed by atoms with Crippen LogP contribution in [0.2, 0.25) is 0 Å². The molecule has 3 heteroatoms. The Kier molecular flexibility index (Phi) is 12.4. The molecule has 1 aliphatic carbocycles. The highest BCUT2D eigenvalue weighted by molar-refractivity contribution is 5.19. The molecule has 1 rings (SSSR count). The molecule has 0 aromatic heterocycles. The first kappa shape index (κ1) is 16.6. The fourth-order valence-corrected chi connectivity index (χ4v) is 0.935. The summed E-state index contributed by atoms with van der Waals surface area (Å²) in [6.07, 6.45) is 4.82. The molecule has 0 spiro atoms. The van der Waals surface area contributed by atoms with E-state index in [0.29, 0.717) is 12.2 Å². The van der Waals surface area contributed by atoms with Crippen molar-refractivity contribution in [3.63, 3.8) is 0 Å². The third kappa shape index (κ3) is 9.44. The van der Waals surface area contributed by atoms with E-state index in [0.717, 1.165) is 6.42 Å². The van der Waals surface area contributed by atoms with Gasteiger partial charge in [-0.15, -0.1) is 0 Å². The van der Waals surface area contributed by atoms with Gasteiger partial charge in [-0.25, -0.2) is 0 Å². The summed E-state index contributed by atoms with van der Waals surface area (Å²) in [4.78, 5) is 0. The van der Waals surface area contributed by atoms with E-state index in [1.807, 2.05) is 34.6 Å². The Bertz CT molecular complexity index is 196. The number of hydrogen-bond donors (Lipinski definition) is 0. The number of alkyl halides is 2. The van der Waals surface area contributed by atoms with E-state index in [1.54, 1.807) is 12.2 Å². The average Bonchev–Trinajstić information content (AvgIpc) is 2.27. The van der Waals surface area contributed by atoms with Crippen LogP contribution in [0.25, 0.3) is 0 Å². The summed E-state index contributed by atoms with van der Waals surface area (Å²) in [5.74, 6) is 0.380. The molecule has 0 aromatic rings. The molecule has 0 bridgehead atoms. The maximum atomic E-state index is 11.6. The highest BCUT2D eigenvalue weighted by atomic mass is 19.3. The van der Waals surface area contributed by atoms with Crippen LogP contribution in [0.3, 0.4) is 0 Å². The van der Waals surface area contributed by atoms with Gasteiger partial charge in [-0.3, -0.25) is 0 Å². The van der Waals surface area contributed by atoms with Gasteiger partial charge in [-0.2, -0.15) is 8.78 Å². The molecule has 0 radical (unpaired) electrons. The minimum absolute atomic E-state index is 0.380. The highest BCUT2D eigenvalue weighted by Gasteiger charge is 2.09. The maximum Gasteiger partial charge on any atom is 0.387 e. The number of hydrogen-bond acceptors (Lipinski definition) is 1. The van der Waals surface area contributed by atoms with Crippen LogP contribution in [-0.2, 0) is 4.74 Å². The van der Waals surface area contributed by atoms with Crippen molar-refractivity contribution in [3.05, 3.63) is 23.5 Å². The molecule has 0 amide bonds. The van der Waals surface area contributed by atoms with E-state index in [-0.39, 0.29) is 0 Å². The molecule has 0 heterocycles. The van der Waals surface area contributed by atoms with Crippen molar-refractivity contribution >= 4 is 0 Å². The first-order chi connectivity index (χ1) is 7.18. The maximum absolute atomic E-state index is 11.6. The summed E-state index contributed by atoms with van der Waals surface area (Å²) >= 11 is 0. The summed E-state index contributed by atoms with van der Waals surface area (Å²) < 4.78 is 27.5. The molecule has 15 heavy (non-hydrogen) atoms. The lowest BCUT2D eigenvalue weighted by Crippen LogP contribution is -2.01. The highest BCUT2D eigenvalue weighted by Crippen LogP contribution is 2.20. The van der Waals surface area contributed by atoms with Crippen LogP contribution in [-0.4, -0.2) is 6.61 Å². The van der Waals surface area contributed by atoms with Gasteiger partial charge in [-0.1, -0.05) is 39.3 Å². The molecule has 0 aliphatic heterocycles. The average molecular weight is 220 g/mol. The summed E-state index contributed by atoms with van der Waals surface area (Å²) in [5.41, 5.74) is 1.20. The second-order valence-electron chi connectivity index (χ2n) is 2.52. The number of rotatable bonds is 2. The predicted molar refractivity (Wildman–Crippen MR) is 60.9 cm³/mol. The van der Waals surface area contributed by atoms with Crippen molar-refractivity contribution in [1.29, 1.82) is 0 Å². The molecular weight excluding hydrogens is 198 g/mol. The van der Waals surface area contributed by atoms with Gasteiger partial charge in [0.25, 0.3) is 0 Å². The van der Waals surface area contributed by atoms with Crippen molar-refractivity contribution in [3.8, 4) is 0 Å². The summed E-state index contributed by atoms with van der Waals surface area (Å²) in [7, 11) is 0. The van der Waals surface area contributed by atoms with Gasteiger partial charge in [0.1, 0.15) is 5.76 Å². The van der Waals surface area contributed by atoms with E-state index in [2.05, 4.69) is 4.74 Å². The first-order valence-electron chi connectivity index (χ1n) is 5.49. The standard InChI is InChI=1S/C8H10F2O.2C2H6/c1-6-2-4-7(5-3-6)11-8(9)10;2*1-2/h2,4,8H,3,5H2,1H3;2*1-2H3. The number of halogens is 2. The summed E-state index contributed by atoms with van der Waals surface area (Å²) in [6.45, 7) is 7.28. The molecule has 1 aliphatic rings. The first-order valence-corrected chi connectivity index (χ1v) is 5.49. The van der Waals surface area contributed by atoms with E-state index in [9.17, 15) is 8.78 Å². The van der Waals surface area contributed by atoms with Crippen molar-refractivity contribution in [2.75, 3.05) is 0 Å². The largest absolute Gasteiger partial charge is 0.439 e. The molecule has 0 saturated carbocycles. The van der Waals surface area contributed by atoms with Crippen molar-refractivity contribution in [2.45, 2.75) is 54.1 Å². The van der Waals surface area contributed by atoms with Crippen molar-refractivity contribution in [1.82, 2.24) is 0 Å². The van der Waals surface area contributed by atoms with Crippen LogP contribution in [0, 0.1) is 0 Å². The van der Waals surface area contributed by atoms with Gasteiger partial charge < -0.3 is 4.74 Å². The fourth-order valence-electron chi connectivity index (χ4n) is 0.935. The Hall–Kier alpha value is -0.860. The molecule has 0 atom stereocenters. The molecule has 0 N–H and O–H groups in total. The van der Waals surface area contributed by atoms with Crippen LogP contribution in [0.4, 0.5) is 8.78 Å². The molecule has 90 valence electrons. The molecule has 0 unspecified atom stereocenters. The van der Waals surface area contributed by atoms with Crippen LogP contribution < -0.4 is 0 Å². The molecule has 0 fully saturated rings. The Morgan fingerprint density at radius 1 is 1.07 bits per heavy atom. The lowest BCUT2D eigenvalue weighted by Gasteiger charge is -2.12. The molecular formula is C12H22F2O. The van der Waals surface area contributed by atoms with E-state index in [4.69, 9.17) is 0 Å². The lowest BCUT2D eigenvalue weighted by molar-refractivity contribution is -0.0985. The molecule has 0 aromatic carbocycles. The molecule has 1 nitrogen and oxygen atoms in total. The Morgan fingerprint density at radius 2 is 1.60 bits per heavy atom. The topological polar surface area (TPSA) is 9.23 Å². The van der Waals surface area contributed by atoms with Gasteiger partial charge in [-0.05, 0) is 19.4 Å². The SMILES string of the molecule is CC.CC.CC1=CC=C(OC(F)F)CC1. The third-order valence-corrected chi connectivity index (χ3v) is 1.56. The molecule has 0 saturated heterocycles. The Labute approximate surface area is 91.8 Å². The zero-order valence-corrected chi connectivity index (χ0v) is 10.3. The second-order valence-corrected chi connectivity index (χ2v) is 2.52.